The monoisotopic (exact) mass is 596 g/mol. The average Bonchev–Trinajstić information content (AvgIpc) is 3.63. The summed E-state index contributed by atoms with van der Waals surface area (Å²) in [6.07, 6.45) is 15.0. The molecule has 0 N–H and O–H groups in total. The Labute approximate surface area is 267 Å². The fraction of sp³-hybridized carbons (Fsp3) is 0.714. The van der Waals surface area contributed by atoms with Crippen LogP contribution in [-0.4, -0.2) is 8.07 Å². The minimum absolute atomic E-state index is 0.243. The van der Waals surface area contributed by atoms with Gasteiger partial charge in [-0.05, 0) is 105 Å². The lowest BCUT2D eigenvalue weighted by atomic mass is 9.70. The number of fused-ring (bicyclic) bond motifs is 2. The normalized spacial score (nSPS) is 33.3. The first-order chi connectivity index (χ1) is 20.5. The van der Waals surface area contributed by atoms with Crippen molar-refractivity contribution in [1.82, 2.24) is 0 Å². The maximum absolute atomic E-state index is 2.66. The summed E-state index contributed by atoms with van der Waals surface area (Å²) in [5, 5.41) is 0. The van der Waals surface area contributed by atoms with Gasteiger partial charge < -0.3 is 0 Å². The van der Waals surface area contributed by atoms with Crippen molar-refractivity contribution >= 4 is 8.07 Å². The van der Waals surface area contributed by atoms with E-state index >= 15 is 0 Å². The van der Waals surface area contributed by atoms with Gasteiger partial charge in [-0.15, -0.1) is 0 Å². The van der Waals surface area contributed by atoms with Crippen LogP contribution in [-0.2, 0) is 10.8 Å². The summed E-state index contributed by atoms with van der Waals surface area (Å²) in [6, 6.07) is 23.0. The second-order valence-corrected chi connectivity index (χ2v) is 23.1. The predicted octanol–water partition coefficient (Wildman–Crippen LogP) is 12.8. The Balaban J connectivity index is 1.23. The number of benzene rings is 2. The van der Waals surface area contributed by atoms with E-state index in [1.807, 2.05) is 0 Å². The molecule has 4 saturated carbocycles. The summed E-state index contributed by atoms with van der Waals surface area (Å²) >= 11 is 0. The van der Waals surface area contributed by atoms with E-state index in [0.29, 0.717) is 0 Å². The molecule has 0 amide bonds. The minimum Gasteiger partial charge on any atom is -0.0678 e. The Morgan fingerprint density at radius 1 is 0.488 bits per heavy atom. The number of hydrogen-bond acceptors (Lipinski definition) is 0. The maximum atomic E-state index is 2.66. The highest BCUT2D eigenvalue weighted by Crippen LogP contribution is 2.66. The predicted molar refractivity (Wildman–Crippen MR) is 190 cm³/mol. The van der Waals surface area contributed by atoms with Crippen molar-refractivity contribution < 1.29 is 0 Å². The van der Waals surface area contributed by atoms with Crippen LogP contribution in [0.5, 0.6) is 0 Å². The summed E-state index contributed by atoms with van der Waals surface area (Å²) < 4.78 is 0. The Morgan fingerprint density at radius 3 is 1.19 bits per heavy atom. The molecule has 4 aliphatic rings. The van der Waals surface area contributed by atoms with Crippen LogP contribution in [0.4, 0.5) is 0 Å². The van der Waals surface area contributed by atoms with Crippen molar-refractivity contribution in [3.63, 3.8) is 0 Å². The lowest BCUT2D eigenvalue weighted by Crippen LogP contribution is -2.48. The van der Waals surface area contributed by atoms with E-state index in [1.54, 1.807) is 36.1 Å². The second-order valence-electron chi connectivity index (χ2n) is 17.8. The molecule has 8 atom stereocenters. The maximum Gasteiger partial charge on any atom is 0.0598 e. The van der Waals surface area contributed by atoms with Crippen molar-refractivity contribution in [1.29, 1.82) is 0 Å². The van der Waals surface area contributed by atoms with E-state index in [0.717, 1.165) is 46.6 Å². The second kappa shape index (κ2) is 12.1. The standard InChI is InChI=1S/C42H64Si/c1-9-43(10-2,39-27-25-35-33(13-11-15-37(35)39)29-17-21-31(22-18-29)41(3,4)5)40-28-26-36-34(14-12-16-38(36)40)30-19-23-32(24-20-30)42(6,7)8/h17-24,33-40H,9-16,25-28H2,1-8H3. The molecule has 0 nitrogen and oxygen atoms in total. The van der Waals surface area contributed by atoms with Gasteiger partial charge in [-0.2, -0.15) is 0 Å². The van der Waals surface area contributed by atoms with Gasteiger partial charge in [0.25, 0.3) is 0 Å². The van der Waals surface area contributed by atoms with Gasteiger partial charge in [0.1, 0.15) is 0 Å². The van der Waals surface area contributed by atoms with Crippen molar-refractivity contribution in [3.05, 3.63) is 70.8 Å². The Morgan fingerprint density at radius 2 is 0.860 bits per heavy atom. The smallest absolute Gasteiger partial charge is 0.0598 e. The molecule has 8 unspecified atom stereocenters. The molecule has 6 rings (SSSR count). The molecule has 0 heterocycles. The molecule has 43 heavy (non-hydrogen) atoms. The average molecular weight is 597 g/mol. The molecule has 4 fully saturated rings. The van der Waals surface area contributed by atoms with Crippen molar-refractivity contribution in [2.24, 2.45) is 23.7 Å². The van der Waals surface area contributed by atoms with Gasteiger partial charge in [0, 0.05) is 0 Å². The molecule has 2 aromatic carbocycles. The van der Waals surface area contributed by atoms with Crippen LogP contribution < -0.4 is 0 Å². The van der Waals surface area contributed by atoms with Gasteiger partial charge in [0.05, 0.1) is 8.07 Å². The summed E-state index contributed by atoms with van der Waals surface area (Å²) in [7, 11) is -1.42. The lowest BCUT2D eigenvalue weighted by Gasteiger charge is -2.50. The van der Waals surface area contributed by atoms with Gasteiger partial charge >= 0.3 is 0 Å². The molecule has 4 aliphatic carbocycles. The molecule has 0 spiro atoms. The third kappa shape index (κ3) is 5.77. The highest BCUT2D eigenvalue weighted by Gasteiger charge is 2.58. The molecule has 0 radical (unpaired) electrons. The van der Waals surface area contributed by atoms with E-state index < -0.39 is 8.07 Å². The quantitative estimate of drug-likeness (QED) is 0.291. The summed E-state index contributed by atoms with van der Waals surface area (Å²) in [5.74, 6) is 5.53. The summed E-state index contributed by atoms with van der Waals surface area (Å²) in [4.78, 5) is 0. The molecule has 0 saturated heterocycles. The SMILES string of the molecule is CC[Si](CC)(C1CCC2C(c3ccc(C(C)(C)C)cc3)CCCC21)C1CCC2C(c3ccc(C(C)(C)C)cc3)CCCC21. The zero-order valence-electron chi connectivity index (χ0n) is 29.2. The first kappa shape index (κ1) is 31.6. The third-order valence-corrected chi connectivity index (χ3v) is 21.1. The van der Waals surface area contributed by atoms with Crippen LogP contribution in [0.25, 0.3) is 0 Å². The molecule has 236 valence electrons. The first-order valence-electron chi connectivity index (χ1n) is 18.7. The first-order valence-corrected chi connectivity index (χ1v) is 21.3. The van der Waals surface area contributed by atoms with Crippen LogP contribution in [0.3, 0.4) is 0 Å². The molecule has 0 aromatic heterocycles. The Kier molecular flexibility index (Phi) is 8.91. The van der Waals surface area contributed by atoms with E-state index in [1.165, 1.54) is 62.5 Å². The highest BCUT2D eigenvalue weighted by atomic mass is 28.3. The van der Waals surface area contributed by atoms with Crippen LogP contribution in [0.2, 0.25) is 23.2 Å². The van der Waals surface area contributed by atoms with Crippen molar-refractivity contribution in [2.45, 2.75) is 165 Å². The Bertz CT molecular complexity index is 1110. The zero-order valence-corrected chi connectivity index (χ0v) is 30.2. The van der Waals surface area contributed by atoms with E-state index in [-0.39, 0.29) is 10.8 Å². The summed E-state index contributed by atoms with van der Waals surface area (Å²) in [5.41, 5.74) is 8.96. The largest absolute Gasteiger partial charge is 0.0678 e. The van der Waals surface area contributed by atoms with E-state index in [4.69, 9.17) is 0 Å². The molecular weight excluding hydrogens is 533 g/mol. The molecular formula is C42H64Si. The van der Waals surface area contributed by atoms with Crippen molar-refractivity contribution in [3.8, 4) is 0 Å². The third-order valence-electron chi connectivity index (χ3n) is 14.1. The van der Waals surface area contributed by atoms with Crippen LogP contribution in [0, 0.1) is 23.7 Å². The fourth-order valence-corrected chi connectivity index (χ4v) is 19.1. The lowest BCUT2D eigenvalue weighted by molar-refractivity contribution is 0.226. The fourth-order valence-electron chi connectivity index (χ4n) is 11.9. The molecule has 0 bridgehead atoms. The molecule has 0 aliphatic heterocycles. The topological polar surface area (TPSA) is 0 Å². The van der Waals surface area contributed by atoms with E-state index in [9.17, 15) is 0 Å². The van der Waals surface area contributed by atoms with Crippen LogP contribution >= 0.6 is 0 Å². The van der Waals surface area contributed by atoms with Crippen LogP contribution in [0.1, 0.15) is 154 Å². The Hall–Kier alpha value is -1.34. The van der Waals surface area contributed by atoms with Crippen molar-refractivity contribution in [2.75, 3.05) is 0 Å². The van der Waals surface area contributed by atoms with Gasteiger partial charge in [-0.25, -0.2) is 0 Å². The van der Waals surface area contributed by atoms with Gasteiger partial charge in [0.2, 0.25) is 0 Å². The van der Waals surface area contributed by atoms with Crippen LogP contribution in [0.15, 0.2) is 48.5 Å². The highest BCUT2D eigenvalue weighted by molar-refractivity contribution is 6.82. The summed E-state index contributed by atoms with van der Waals surface area (Å²) in [6.45, 7) is 19.4. The number of hydrogen-bond donors (Lipinski definition) is 0. The van der Waals surface area contributed by atoms with E-state index in [2.05, 4.69) is 104 Å². The molecule has 2 aromatic rings. The van der Waals surface area contributed by atoms with Gasteiger partial charge in [-0.3, -0.25) is 0 Å². The molecule has 1 heteroatoms. The van der Waals surface area contributed by atoms with Gasteiger partial charge in [0.15, 0.2) is 0 Å². The zero-order chi connectivity index (χ0) is 30.6. The number of rotatable bonds is 6. The van der Waals surface area contributed by atoms with Gasteiger partial charge in [-0.1, -0.05) is 155 Å². The minimum atomic E-state index is -1.42.